The van der Waals surface area contributed by atoms with Crippen LogP contribution in [0.25, 0.3) is 11.0 Å². The molecule has 1 aliphatic rings. The standard InChI is InChI=1S/C27H38N4O4S.H2/c1-5-11-23(36-7-3)25(33)29-27-28-21-18-19(26(34)30(4)20-12-9-8-10-13-20)14-15-22(21)31(27)17-16-24(32)35-6-2;/h5,11,14-15,18,20,23H,6-10,12-13,16-17H2,1-4H3,(H,28,29,33);1H. The number of benzene rings is 1. The number of fused-ring (bicyclic) bond motifs is 1. The highest BCUT2D eigenvalue weighted by Crippen LogP contribution is 2.26. The van der Waals surface area contributed by atoms with Gasteiger partial charge in [-0.05, 0) is 50.6 Å². The van der Waals surface area contributed by atoms with Crippen molar-refractivity contribution in [2.75, 3.05) is 24.7 Å². The minimum Gasteiger partial charge on any atom is -0.466 e. The fraction of sp³-hybridized carbons (Fsp3) is 0.556. The van der Waals surface area contributed by atoms with Gasteiger partial charge in [0.05, 0.1) is 24.1 Å². The number of ether oxygens (including phenoxy) is 1. The van der Waals surface area contributed by atoms with Crippen molar-refractivity contribution in [2.45, 2.75) is 77.1 Å². The molecule has 0 spiro atoms. The van der Waals surface area contributed by atoms with Gasteiger partial charge in [-0.15, -0.1) is 11.8 Å². The number of rotatable bonds is 11. The number of aromatic nitrogens is 2. The smallest absolute Gasteiger partial charge is 0.307 e. The Kier molecular flexibility index (Phi) is 10.4. The third-order valence-electron chi connectivity index (χ3n) is 6.49. The molecule has 0 aliphatic heterocycles. The van der Waals surface area contributed by atoms with Gasteiger partial charge in [-0.2, -0.15) is 0 Å². The SMILES string of the molecule is CC=CC(SCC)C(=O)Nc1nc2cc(C(=O)N(C)C3CCCCC3)ccc2n1CCC(=O)OCC.[HH]. The Morgan fingerprint density at radius 1 is 1.28 bits per heavy atom. The van der Waals surface area contributed by atoms with Crippen molar-refractivity contribution in [3.8, 4) is 0 Å². The molecule has 1 heterocycles. The number of esters is 1. The van der Waals surface area contributed by atoms with Crippen LogP contribution in [0.3, 0.4) is 0 Å². The molecule has 2 amide bonds. The van der Waals surface area contributed by atoms with Gasteiger partial charge in [0.1, 0.15) is 5.25 Å². The van der Waals surface area contributed by atoms with E-state index in [1.165, 1.54) is 18.2 Å². The maximum Gasteiger partial charge on any atom is 0.307 e. The normalized spacial score (nSPS) is 15.2. The lowest BCUT2D eigenvalue weighted by Gasteiger charge is -2.31. The summed E-state index contributed by atoms with van der Waals surface area (Å²) in [5.41, 5.74) is 1.91. The molecule has 1 N–H and O–H groups in total. The van der Waals surface area contributed by atoms with Gasteiger partial charge < -0.3 is 14.2 Å². The fourth-order valence-corrected chi connectivity index (χ4v) is 5.45. The summed E-state index contributed by atoms with van der Waals surface area (Å²) in [4.78, 5) is 44.8. The van der Waals surface area contributed by atoms with E-state index in [0.717, 1.165) is 37.0 Å². The van der Waals surface area contributed by atoms with Crippen LogP contribution in [0.15, 0.2) is 30.4 Å². The molecule has 198 valence electrons. The van der Waals surface area contributed by atoms with Crippen molar-refractivity contribution in [2.24, 2.45) is 0 Å². The topological polar surface area (TPSA) is 93.5 Å². The summed E-state index contributed by atoms with van der Waals surface area (Å²) in [6, 6.07) is 5.68. The van der Waals surface area contributed by atoms with E-state index in [1.54, 1.807) is 19.1 Å². The second-order valence-electron chi connectivity index (χ2n) is 8.94. The van der Waals surface area contributed by atoms with Gasteiger partial charge >= 0.3 is 5.97 Å². The lowest BCUT2D eigenvalue weighted by atomic mass is 9.94. The number of carbonyl (C=O) groups excluding carboxylic acids is 3. The van der Waals surface area contributed by atoms with E-state index < -0.39 is 0 Å². The number of anilines is 1. The fourth-order valence-electron chi connectivity index (χ4n) is 4.61. The van der Waals surface area contributed by atoms with Gasteiger partial charge in [0.25, 0.3) is 5.91 Å². The monoisotopic (exact) mass is 516 g/mol. The first-order chi connectivity index (χ1) is 17.4. The van der Waals surface area contributed by atoms with Crippen LogP contribution < -0.4 is 5.32 Å². The van der Waals surface area contributed by atoms with Crippen molar-refractivity contribution in [3.63, 3.8) is 0 Å². The van der Waals surface area contributed by atoms with E-state index in [2.05, 4.69) is 10.3 Å². The lowest BCUT2D eigenvalue weighted by molar-refractivity contribution is -0.143. The predicted octanol–water partition coefficient (Wildman–Crippen LogP) is 5.28. The van der Waals surface area contributed by atoms with E-state index in [-0.39, 0.29) is 36.9 Å². The number of carbonyl (C=O) groups is 3. The average Bonchev–Trinajstić information content (AvgIpc) is 3.23. The van der Waals surface area contributed by atoms with Crippen LogP contribution in [0.1, 0.15) is 71.1 Å². The Labute approximate surface area is 219 Å². The molecule has 8 nitrogen and oxygen atoms in total. The minimum atomic E-state index is -0.348. The molecule has 3 rings (SSSR count). The molecule has 1 unspecified atom stereocenters. The van der Waals surface area contributed by atoms with Gasteiger partial charge in [-0.25, -0.2) is 4.98 Å². The number of hydrogen-bond donors (Lipinski definition) is 1. The Morgan fingerprint density at radius 2 is 2.03 bits per heavy atom. The van der Waals surface area contributed by atoms with Crippen LogP contribution in [0, 0.1) is 0 Å². The number of hydrogen-bond acceptors (Lipinski definition) is 6. The zero-order valence-corrected chi connectivity index (χ0v) is 22.6. The quantitative estimate of drug-likeness (QED) is 0.323. The number of imidazole rings is 1. The Morgan fingerprint density at radius 3 is 2.69 bits per heavy atom. The van der Waals surface area contributed by atoms with Crippen molar-refractivity contribution in [1.29, 1.82) is 0 Å². The zero-order chi connectivity index (χ0) is 26.1. The molecule has 36 heavy (non-hydrogen) atoms. The summed E-state index contributed by atoms with van der Waals surface area (Å²) < 4.78 is 6.90. The largest absolute Gasteiger partial charge is 0.466 e. The zero-order valence-electron chi connectivity index (χ0n) is 21.8. The molecule has 0 saturated heterocycles. The number of nitrogens with zero attached hydrogens (tertiary/aromatic N) is 3. The van der Waals surface area contributed by atoms with Gasteiger partial charge in [-0.3, -0.25) is 19.7 Å². The number of aryl methyl sites for hydroxylation is 1. The van der Waals surface area contributed by atoms with Crippen molar-refractivity contribution < 1.29 is 20.5 Å². The highest BCUT2D eigenvalue weighted by molar-refractivity contribution is 8.00. The van der Waals surface area contributed by atoms with Crippen LogP contribution in [0.4, 0.5) is 5.95 Å². The first kappa shape index (κ1) is 27.8. The molecule has 0 bridgehead atoms. The van der Waals surface area contributed by atoms with Crippen LogP contribution in [0.5, 0.6) is 0 Å². The number of amides is 2. The van der Waals surface area contributed by atoms with E-state index in [4.69, 9.17) is 4.74 Å². The van der Waals surface area contributed by atoms with Gasteiger partial charge in [-0.1, -0.05) is 38.3 Å². The average molecular weight is 517 g/mol. The van der Waals surface area contributed by atoms with Crippen molar-refractivity contribution in [1.82, 2.24) is 14.5 Å². The van der Waals surface area contributed by atoms with Gasteiger partial charge in [0.15, 0.2) is 0 Å². The molecule has 1 fully saturated rings. The molecule has 1 aromatic carbocycles. The predicted molar refractivity (Wildman–Crippen MR) is 147 cm³/mol. The Balaban J connectivity index is 0.00000481. The molecule has 2 aromatic rings. The van der Waals surface area contributed by atoms with Crippen LogP contribution in [-0.4, -0.2) is 62.9 Å². The molecule has 1 aromatic heterocycles. The van der Waals surface area contributed by atoms with Crippen molar-refractivity contribution in [3.05, 3.63) is 35.9 Å². The van der Waals surface area contributed by atoms with E-state index in [0.29, 0.717) is 30.2 Å². The molecular weight excluding hydrogens is 476 g/mol. The number of nitrogens with one attached hydrogen (secondary N) is 1. The summed E-state index contributed by atoms with van der Waals surface area (Å²) in [6.07, 6.45) is 9.46. The summed E-state index contributed by atoms with van der Waals surface area (Å²) >= 11 is 1.53. The highest BCUT2D eigenvalue weighted by atomic mass is 32.2. The summed E-state index contributed by atoms with van der Waals surface area (Å²) in [5.74, 6) is 0.632. The minimum absolute atomic E-state index is 0. The second-order valence-corrected chi connectivity index (χ2v) is 10.4. The number of allylic oxidation sites excluding steroid dienone is 1. The molecule has 1 aliphatic carbocycles. The summed E-state index contributed by atoms with van der Waals surface area (Å²) in [5, 5.41) is 2.59. The summed E-state index contributed by atoms with van der Waals surface area (Å²) in [6.45, 7) is 6.27. The molecular formula is C27H40N4O4S. The maximum absolute atomic E-state index is 13.2. The second kappa shape index (κ2) is 13.5. The van der Waals surface area contributed by atoms with Gasteiger partial charge in [0.2, 0.25) is 11.9 Å². The maximum atomic E-state index is 13.2. The Hall–Kier alpha value is -2.81. The lowest BCUT2D eigenvalue weighted by Crippen LogP contribution is -2.38. The summed E-state index contributed by atoms with van der Waals surface area (Å²) in [7, 11) is 1.87. The van der Waals surface area contributed by atoms with E-state index in [9.17, 15) is 14.4 Å². The molecule has 9 heteroatoms. The molecule has 0 radical (unpaired) electrons. The van der Waals surface area contributed by atoms with Crippen molar-refractivity contribution >= 4 is 46.5 Å². The number of thioether (sulfide) groups is 1. The van der Waals surface area contributed by atoms with Gasteiger partial charge in [0, 0.05) is 26.6 Å². The highest BCUT2D eigenvalue weighted by Gasteiger charge is 2.24. The Bertz CT molecular complexity index is 1100. The third kappa shape index (κ3) is 6.90. The first-order valence-electron chi connectivity index (χ1n) is 12.9. The van der Waals surface area contributed by atoms with Crippen LogP contribution in [0.2, 0.25) is 0 Å². The molecule has 1 atom stereocenters. The molecule has 1 saturated carbocycles. The first-order valence-corrected chi connectivity index (χ1v) is 13.9. The van der Waals surface area contributed by atoms with Crippen LogP contribution >= 0.6 is 11.8 Å². The van der Waals surface area contributed by atoms with Crippen LogP contribution in [-0.2, 0) is 20.9 Å². The van der Waals surface area contributed by atoms with E-state index in [1.807, 2.05) is 48.6 Å². The third-order valence-corrected chi connectivity index (χ3v) is 7.55. The van der Waals surface area contributed by atoms with E-state index >= 15 is 0 Å².